The van der Waals surface area contributed by atoms with Gasteiger partial charge < -0.3 is 24.8 Å². The zero-order valence-corrected chi connectivity index (χ0v) is 13.4. The Morgan fingerprint density at radius 3 is 2.48 bits per heavy atom. The predicted octanol–water partition coefficient (Wildman–Crippen LogP) is 1.79. The average molecular weight is 346 g/mol. The fraction of sp³-hybridized carbons (Fsp3) is 0.412. The lowest BCUT2D eigenvalue weighted by atomic mass is 10.1. The summed E-state index contributed by atoms with van der Waals surface area (Å²) in [5.74, 6) is -1.88. The molecule has 25 heavy (non-hydrogen) atoms. The molecular formula is C17H17FN3O4-. The van der Waals surface area contributed by atoms with E-state index in [1.165, 1.54) is 6.20 Å². The number of aromatic carboxylic acids is 1. The third-order valence-corrected chi connectivity index (χ3v) is 4.85. The van der Waals surface area contributed by atoms with Gasteiger partial charge in [-0.25, -0.2) is 9.18 Å². The molecule has 2 fully saturated rings. The number of pyridine rings is 1. The minimum absolute atomic E-state index is 0.0792. The Balaban J connectivity index is 1.90. The number of carbonyl (C=O) groups is 1. The molecular weight excluding hydrogens is 329 g/mol. The topological polar surface area (TPSA) is 88.8 Å². The van der Waals surface area contributed by atoms with Crippen molar-refractivity contribution in [2.24, 2.45) is 0 Å². The van der Waals surface area contributed by atoms with Crippen LogP contribution in [-0.2, 0) is 0 Å². The second-order valence-corrected chi connectivity index (χ2v) is 6.55. The van der Waals surface area contributed by atoms with Gasteiger partial charge in [-0.15, -0.1) is 0 Å². The number of hydroxylamine groups is 2. The summed E-state index contributed by atoms with van der Waals surface area (Å²) in [5.41, 5.74) is -0.128. The van der Waals surface area contributed by atoms with Crippen molar-refractivity contribution in [2.45, 2.75) is 18.9 Å². The molecule has 0 amide bonds. The van der Waals surface area contributed by atoms with Crippen LogP contribution in [0.5, 0.6) is 0 Å². The first kappa shape index (κ1) is 16.0. The maximum absolute atomic E-state index is 14.6. The van der Waals surface area contributed by atoms with Gasteiger partial charge in [0.2, 0.25) is 5.43 Å². The van der Waals surface area contributed by atoms with Crippen LogP contribution < -0.4 is 10.3 Å². The van der Waals surface area contributed by atoms with Crippen LogP contribution in [-0.4, -0.2) is 46.9 Å². The number of carboxylic acids is 1. The number of hydrogen-bond donors (Lipinski definition) is 1. The number of benzene rings is 1. The summed E-state index contributed by atoms with van der Waals surface area (Å²) in [6.07, 6.45) is 3.17. The van der Waals surface area contributed by atoms with Crippen LogP contribution in [0, 0.1) is 11.0 Å². The monoisotopic (exact) mass is 346 g/mol. The van der Waals surface area contributed by atoms with E-state index in [1.807, 2.05) is 0 Å². The lowest BCUT2D eigenvalue weighted by Gasteiger charge is -2.39. The Morgan fingerprint density at radius 1 is 1.20 bits per heavy atom. The molecule has 1 aromatic heterocycles. The molecule has 4 rings (SSSR count). The summed E-state index contributed by atoms with van der Waals surface area (Å²) in [6, 6.07) is 2.87. The van der Waals surface area contributed by atoms with Gasteiger partial charge in [-0.3, -0.25) is 4.79 Å². The number of aromatic nitrogens is 1. The maximum Gasteiger partial charge on any atom is 0.341 e. The molecule has 132 valence electrons. The quantitative estimate of drug-likeness (QED) is 0.911. The zero-order valence-electron chi connectivity index (χ0n) is 13.4. The van der Waals surface area contributed by atoms with Crippen LogP contribution in [0.15, 0.2) is 23.1 Å². The van der Waals surface area contributed by atoms with E-state index in [9.17, 15) is 24.3 Å². The number of anilines is 1. The van der Waals surface area contributed by atoms with Gasteiger partial charge in [-0.1, -0.05) is 0 Å². The first-order valence-corrected chi connectivity index (χ1v) is 8.24. The number of rotatable bonds is 3. The van der Waals surface area contributed by atoms with Crippen molar-refractivity contribution in [3.63, 3.8) is 0 Å². The van der Waals surface area contributed by atoms with Crippen molar-refractivity contribution in [1.82, 2.24) is 9.63 Å². The first-order valence-electron chi connectivity index (χ1n) is 8.24. The van der Waals surface area contributed by atoms with Gasteiger partial charge in [0, 0.05) is 43.8 Å². The Hall–Kier alpha value is -2.45. The summed E-state index contributed by atoms with van der Waals surface area (Å²) in [7, 11) is 0. The van der Waals surface area contributed by atoms with Crippen LogP contribution in [0.1, 0.15) is 29.2 Å². The number of fused-ring (bicyclic) bond motifs is 1. The van der Waals surface area contributed by atoms with E-state index in [2.05, 4.69) is 0 Å². The van der Waals surface area contributed by atoms with E-state index >= 15 is 0 Å². The van der Waals surface area contributed by atoms with Crippen LogP contribution in [0.2, 0.25) is 0 Å². The van der Waals surface area contributed by atoms with Crippen LogP contribution >= 0.6 is 0 Å². The molecule has 8 heteroatoms. The summed E-state index contributed by atoms with van der Waals surface area (Å²) < 4.78 is 16.4. The highest BCUT2D eigenvalue weighted by molar-refractivity contribution is 5.93. The average Bonchev–Trinajstić information content (AvgIpc) is 3.41. The highest BCUT2D eigenvalue weighted by Gasteiger charge is 2.28. The van der Waals surface area contributed by atoms with Crippen molar-refractivity contribution >= 4 is 22.6 Å². The van der Waals surface area contributed by atoms with E-state index in [1.54, 1.807) is 15.5 Å². The SMILES string of the molecule is O=C(O)c1cn(C2CC2)c2cc(N3CCN([O-])CC3)c(F)cc2c1=O. The lowest BCUT2D eigenvalue weighted by Crippen LogP contribution is -2.44. The maximum atomic E-state index is 14.6. The second kappa shape index (κ2) is 5.82. The second-order valence-electron chi connectivity index (χ2n) is 6.55. The van der Waals surface area contributed by atoms with E-state index in [4.69, 9.17) is 0 Å². The molecule has 0 radical (unpaired) electrons. The van der Waals surface area contributed by atoms with Crippen LogP contribution in [0.25, 0.3) is 10.9 Å². The number of halogens is 1. The minimum Gasteiger partial charge on any atom is -0.785 e. The molecule has 0 atom stereocenters. The molecule has 0 spiro atoms. The van der Waals surface area contributed by atoms with E-state index in [-0.39, 0.29) is 17.0 Å². The van der Waals surface area contributed by atoms with Crippen molar-refractivity contribution in [3.05, 3.63) is 45.1 Å². The summed E-state index contributed by atoms with van der Waals surface area (Å²) in [6.45, 7) is 1.41. The molecule has 1 N–H and O–H groups in total. The fourth-order valence-electron chi connectivity index (χ4n) is 3.34. The Labute approximate surface area is 142 Å². The van der Waals surface area contributed by atoms with Crippen molar-refractivity contribution in [1.29, 1.82) is 0 Å². The first-order chi connectivity index (χ1) is 12.0. The molecule has 1 saturated heterocycles. The van der Waals surface area contributed by atoms with E-state index in [0.717, 1.165) is 24.0 Å². The van der Waals surface area contributed by atoms with Gasteiger partial charge in [0.15, 0.2) is 0 Å². The number of hydrogen-bond acceptors (Lipinski definition) is 5. The van der Waals surface area contributed by atoms with E-state index < -0.39 is 17.2 Å². The molecule has 2 aliphatic rings. The van der Waals surface area contributed by atoms with Gasteiger partial charge in [0.1, 0.15) is 11.4 Å². The zero-order chi connectivity index (χ0) is 17.7. The molecule has 1 aromatic carbocycles. The molecule has 1 aliphatic heterocycles. The summed E-state index contributed by atoms with van der Waals surface area (Å²) >= 11 is 0. The third kappa shape index (κ3) is 2.77. The van der Waals surface area contributed by atoms with Gasteiger partial charge in [-0.05, 0) is 25.0 Å². The molecule has 7 nitrogen and oxygen atoms in total. The normalized spacial score (nSPS) is 18.7. The molecule has 1 saturated carbocycles. The lowest BCUT2D eigenvalue weighted by molar-refractivity contribution is 0.0695. The molecule has 2 aromatic rings. The smallest absolute Gasteiger partial charge is 0.341 e. The van der Waals surface area contributed by atoms with Gasteiger partial charge in [0.25, 0.3) is 0 Å². The number of nitrogens with zero attached hydrogens (tertiary/aromatic N) is 3. The Bertz CT molecular complexity index is 914. The highest BCUT2D eigenvalue weighted by Crippen LogP contribution is 2.38. The largest absolute Gasteiger partial charge is 0.785 e. The van der Waals surface area contributed by atoms with Gasteiger partial charge in [0.05, 0.1) is 11.2 Å². The van der Waals surface area contributed by atoms with Crippen LogP contribution in [0.4, 0.5) is 10.1 Å². The van der Waals surface area contributed by atoms with Crippen molar-refractivity contribution in [3.8, 4) is 0 Å². The van der Waals surface area contributed by atoms with Gasteiger partial charge >= 0.3 is 5.97 Å². The molecule has 0 bridgehead atoms. The molecule has 2 heterocycles. The highest BCUT2D eigenvalue weighted by atomic mass is 19.1. The predicted molar refractivity (Wildman–Crippen MR) is 90.5 cm³/mol. The number of carboxylic acid groups (broad SMARTS) is 1. The fourth-order valence-corrected chi connectivity index (χ4v) is 3.34. The third-order valence-electron chi connectivity index (χ3n) is 4.85. The standard InChI is InChI=1S/C17H17FN3O4/c18-13-7-11-14(8-15(13)19-3-5-20(25)6-4-19)21(10-1-2-10)9-12(16(11)22)17(23)24/h7-10H,1-6H2,(H,23,24)/q-1. The van der Waals surface area contributed by atoms with Crippen molar-refractivity contribution < 1.29 is 14.3 Å². The molecule has 1 aliphatic carbocycles. The van der Waals surface area contributed by atoms with Crippen LogP contribution in [0.3, 0.4) is 0 Å². The summed E-state index contributed by atoms with van der Waals surface area (Å²) in [5, 5.41) is 21.6. The Morgan fingerprint density at radius 2 is 1.88 bits per heavy atom. The molecule has 0 unspecified atom stereocenters. The van der Waals surface area contributed by atoms with E-state index in [0.29, 0.717) is 37.4 Å². The minimum atomic E-state index is -1.31. The van der Waals surface area contributed by atoms with Crippen molar-refractivity contribution in [2.75, 3.05) is 31.1 Å². The summed E-state index contributed by atoms with van der Waals surface area (Å²) in [4.78, 5) is 25.6. The number of piperazine rings is 1. The van der Waals surface area contributed by atoms with Gasteiger partial charge in [-0.2, -0.15) is 0 Å². The Kier molecular flexibility index (Phi) is 3.73.